The van der Waals surface area contributed by atoms with Gasteiger partial charge in [0, 0.05) is 19.5 Å². The minimum Gasteiger partial charge on any atom is -0.494 e. The zero-order chi connectivity index (χ0) is 32.9. The Morgan fingerprint density at radius 3 is 2.00 bits per heavy atom. The summed E-state index contributed by atoms with van der Waals surface area (Å²) in [5, 5.41) is 3.01. The number of hydrogen-bond acceptors (Lipinski definition) is 5. The minimum absolute atomic E-state index is 0.0251. The Hall–Kier alpha value is -4.63. The molecule has 4 aromatic carbocycles. The van der Waals surface area contributed by atoms with E-state index in [0.717, 1.165) is 33.8 Å². The van der Waals surface area contributed by atoms with Crippen molar-refractivity contribution in [2.75, 3.05) is 24.0 Å². The van der Waals surface area contributed by atoms with Crippen LogP contribution in [0.2, 0.25) is 0 Å². The highest BCUT2D eigenvalue weighted by Gasteiger charge is 2.34. The summed E-state index contributed by atoms with van der Waals surface area (Å²) in [6, 6.07) is 31.2. The number of nitrogens with one attached hydrogen (secondary N) is 1. The molecule has 0 aromatic heterocycles. The Morgan fingerprint density at radius 2 is 1.41 bits per heavy atom. The Balaban J connectivity index is 1.76. The molecule has 4 rings (SSSR count). The predicted molar refractivity (Wildman–Crippen MR) is 182 cm³/mol. The third-order valence-electron chi connectivity index (χ3n) is 7.62. The molecular weight excluding hydrogens is 598 g/mol. The fraction of sp³-hybridized carbons (Fsp3) is 0.297. The number of amides is 2. The van der Waals surface area contributed by atoms with Gasteiger partial charge in [-0.15, -0.1) is 0 Å². The SMILES string of the molecule is CCCCNC(=O)[C@@H](Cc1ccccc1)N(Cc1ccccc1)C(=O)CN(c1ccc(C)cc1)S(=O)(=O)c1ccc(OCC)cc1. The Labute approximate surface area is 273 Å². The van der Waals surface area contributed by atoms with Gasteiger partial charge in [-0.25, -0.2) is 8.42 Å². The number of aryl methyl sites for hydroxylation is 1. The molecule has 9 heteroatoms. The van der Waals surface area contributed by atoms with E-state index in [0.29, 0.717) is 24.6 Å². The van der Waals surface area contributed by atoms with E-state index in [1.54, 1.807) is 24.3 Å². The molecule has 0 unspecified atom stereocenters. The summed E-state index contributed by atoms with van der Waals surface area (Å²) in [5.74, 6) is -0.227. The van der Waals surface area contributed by atoms with E-state index < -0.39 is 28.5 Å². The van der Waals surface area contributed by atoms with E-state index in [1.807, 2.05) is 93.6 Å². The van der Waals surface area contributed by atoms with Crippen LogP contribution in [0.1, 0.15) is 43.4 Å². The van der Waals surface area contributed by atoms with Crippen molar-refractivity contribution >= 4 is 27.5 Å². The van der Waals surface area contributed by atoms with Gasteiger partial charge in [-0.3, -0.25) is 13.9 Å². The Bertz CT molecular complexity index is 1650. The number of carbonyl (C=O) groups excluding carboxylic acids is 2. The van der Waals surface area contributed by atoms with Gasteiger partial charge in [0.15, 0.2) is 0 Å². The number of carbonyl (C=O) groups is 2. The van der Waals surface area contributed by atoms with Gasteiger partial charge in [-0.1, -0.05) is 91.7 Å². The third kappa shape index (κ3) is 9.20. The number of nitrogens with zero attached hydrogens (tertiary/aromatic N) is 2. The molecule has 8 nitrogen and oxygen atoms in total. The summed E-state index contributed by atoms with van der Waals surface area (Å²) in [6.45, 7) is 6.36. The van der Waals surface area contributed by atoms with E-state index in [-0.39, 0.29) is 23.8 Å². The number of ether oxygens (including phenoxy) is 1. The molecule has 4 aromatic rings. The van der Waals surface area contributed by atoms with Crippen LogP contribution in [0, 0.1) is 6.92 Å². The Morgan fingerprint density at radius 1 is 0.804 bits per heavy atom. The molecule has 0 fully saturated rings. The maximum absolute atomic E-state index is 14.5. The molecule has 242 valence electrons. The van der Waals surface area contributed by atoms with Gasteiger partial charge < -0.3 is 15.0 Å². The van der Waals surface area contributed by atoms with Crippen molar-refractivity contribution in [3.8, 4) is 5.75 Å². The minimum atomic E-state index is -4.19. The van der Waals surface area contributed by atoms with Gasteiger partial charge in [-0.2, -0.15) is 0 Å². The smallest absolute Gasteiger partial charge is 0.264 e. The van der Waals surface area contributed by atoms with Crippen LogP contribution >= 0.6 is 0 Å². The van der Waals surface area contributed by atoms with Crippen molar-refractivity contribution < 1.29 is 22.7 Å². The van der Waals surface area contributed by atoms with Crippen molar-refractivity contribution in [2.24, 2.45) is 0 Å². The maximum Gasteiger partial charge on any atom is 0.264 e. The normalized spacial score (nSPS) is 11.8. The summed E-state index contributed by atoms with van der Waals surface area (Å²) in [4.78, 5) is 29.8. The van der Waals surface area contributed by atoms with E-state index in [9.17, 15) is 18.0 Å². The Kier molecular flexibility index (Phi) is 12.4. The van der Waals surface area contributed by atoms with Gasteiger partial charge in [0.05, 0.1) is 17.2 Å². The number of benzene rings is 4. The van der Waals surface area contributed by atoms with Crippen LogP contribution in [-0.2, 0) is 32.6 Å². The van der Waals surface area contributed by atoms with Crippen LogP contribution in [0.15, 0.2) is 114 Å². The van der Waals surface area contributed by atoms with Crippen LogP contribution in [0.4, 0.5) is 5.69 Å². The van der Waals surface area contributed by atoms with Gasteiger partial charge in [0.1, 0.15) is 18.3 Å². The molecule has 0 radical (unpaired) electrons. The molecule has 0 heterocycles. The molecule has 0 bridgehead atoms. The van der Waals surface area contributed by atoms with Crippen molar-refractivity contribution in [1.82, 2.24) is 10.2 Å². The van der Waals surface area contributed by atoms with Crippen LogP contribution in [0.3, 0.4) is 0 Å². The molecule has 0 spiro atoms. The molecule has 2 amide bonds. The highest BCUT2D eigenvalue weighted by Crippen LogP contribution is 2.27. The average Bonchev–Trinajstić information content (AvgIpc) is 3.07. The lowest BCUT2D eigenvalue weighted by molar-refractivity contribution is -0.140. The fourth-order valence-electron chi connectivity index (χ4n) is 5.08. The maximum atomic E-state index is 14.5. The first-order chi connectivity index (χ1) is 22.2. The third-order valence-corrected chi connectivity index (χ3v) is 9.41. The molecule has 0 aliphatic carbocycles. The number of rotatable bonds is 16. The lowest BCUT2D eigenvalue weighted by Gasteiger charge is -2.34. The summed E-state index contributed by atoms with van der Waals surface area (Å²) in [5.41, 5.74) is 3.01. The van der Waals surface area contributed by atoms with Crippen LogP contribution in [0.25, 0.3) is 0 Å². The second-order valence-electron chi connectivity index (χ2n) is 11.1. The van der Waals surface area contributed by atoms with E-state index in [2.05, 4.69) is 5.32 Å². The van der Waals surface area contributed by atoms with Crippen LogP contribution in [-0.4, -0.2) is 50.9 Å². The standard InChI is InChI=1S/C37H43N3O5S/c1-4-6-25-38-37(42)35(26-30-13-9-7-10-14-30)39(27-31-15-11-8-12-16-31)36(41)28-40(32-19-17-29(3)18-20-32)46(43,44)34-23-21-33(22-24-34)45-5-2/h7-24,35H,4-6,25-28H2,1-3H3,(H,38,42)/t35-/m1/s1. The van der Waals surface area contributed by atoms with Gasteiger partial charge in [-0.05, 0) is 67.8 Å². The van der Waals surface area contributed by atoms with Crippen LogP contribution < -0.4 is 14.4 Å². The second kappa shape index (κ2) is 16.6. The largest absolute Gasteiger partial charge is 0.494 e. The molecular formula is C37H43N3O5S. The summed E-state index contributed by atoms with van der Waals surface area (Å²) >= 11 is 0. The van der Waals surface area contributed by atoms with Crippen molar-refractivity contribution in [1.29, 1.82) is 0 Å². The number of unbranched alkanes of at least 4 members (excludes halogenated alkanes) is 1. The topological polar surface area (TPSA) is 96.0 Å². The van der Waals surface area contributed by atoms with Crippen molar-refractivity contribution in [3.63, 3.8) is 0 Å². The first kappa shape index (κ1) is 34.2. The zero-order valence-corrected chi connectivity index (χ0v) is 27.6. The number of hydrogen-bond donors (Lipinski definition) is 1. The van der Waals surface area contributed by atoms with Gasteiger partial charge >= 0.3 is 0 Å². The molecule has 0 aliphatic heterocycles. The van der Waals surface area contributed by atoms with Crippen LogP contribution in [0.5, 0.6) is 5.75 Å². The molecule has 1 N–H and O–H groups in total. The second-order valence-corrected chi connectivity index (χ2v) is 13.0. The fourth-order valence-corrected chi connectivity index (χ4v) is 6.50. The van der Waals surface area contributed by atoms with E-state index in [1.165, 1.54) is 17.0 Å². The van der Waals surface area contributed by atoms with Crippen molar-refractivity contribution in [3.05, 3.63) is 126 Å². The quantitative estimate of drug-likeness (QED) is 0.148. The lowest BCUT2D eigenvalue weighted by Crippen LogP contribution is -2.53. The molecule has 0 saturated carbocycles. The van der Waals surface area contributed by atoms with E-state index >= 15 is 0 Å². The van der Waals surface area contributed by atoms with E-state index in [4.69, 9.17) is 4.74 Å². The monoisotopic (exact) mass is 641 g/mol. The summed E-state index contributed by atoms with van der Waals surface area (Å²) < 4.78 is 35.0. The number of sulfonamides is 1. The van der Waals surface area contributed by atoms with Crippen molar-refractivity contribution in [2.45, 2.75) is 57.5 Å². The summed E-state index contributed by atoms with van der Waals surface area (Å²) in [6.07, 6.45) is 1.98. The molecule has 1 atom stereocenters. The first-order valence-corrected chi connectivity index (χ1v) is 17.1. The predicted octanol–water partition coefficient (Wildman–Crippen LogP) is 6.15. The highest BCUT2D eigenvalue weighted by molar-refractivity contribution is 7.92. The first-order valence-electron chi connectivity index (χ1n) is 15.7. The van der Waals surface area contributed by atoms with Gasteiger partial charge in [0.2, 0.25) is 11.8 Å². The molecule has 0 saturated heterocycles. The number of anilines is 1. The van der Waals surface area contributed by atoms with Gasteiger partial charge in [0.25, 0.3) is 10.0 Å². The molecule has 46 heavy (non-hydrogen) atoms. The lowest BCUT2D eigenvalue weighted by atomic mass is 10.0. The highest BCUT2D eigenvalue weighted by atomic mass is 32.2. The average molecular weight is 642 g/mol. The summed E-state index contributed by atoms with van der Waals surface area (Å²) in [7, 11) is -4.19. The molecule has 0 aliphatic rings. The zero-order valence-electron chi connectivity index (χ0n) is 26.8.